The lowest BCUT2D eigenvalue weighted by atomic mass is 10.2. The van der Waals surface area contributed by atoms with Crippen LogP contribution in [0.25, 0.3) is 10.9 Å². The SMILES string of the molecule is NC(=O)c1cc2cc(Br)cc([N+](=O)[O-])c2[nH]1. The number of amides is 1. The first kappa shape index (κ1) is 10.6. The van der Waals surface area contributed by atoms with Gasteiger partial charge in [0, 0.05) is 15.9 Å². The smallest absolute Gasteiger partial charge is 0.294 e. The molecule has 0 aliphatic carbocycles. The van der Waals surface area contributed by atoms with Crippen molar-refractivity contribution in [2.45, 2.75) is 0 Å². The molecular weight excluding hydrogens is 278 g/mol. The molecule has 7 heteroatoms. The van der Waals surface area contributed by atoms with E-state index in [9.17, 15) is 14.9 Å². The summed E-state index contributed by atoms with van der Waals surface area (Å²) in [4.78, 5) is 23.9. The topological polar surface area (TPSA) is 102 Å². The van der Waals surface area contributed by atoms with Crippen molar-refractivity contribution < 1.29 is 9.72 Å². The number of H-pyrrole nitrogens is 1. The maximum Gasteiger partial charge on any atom is 0.294 e. The molecule has 1 aromatic heterocycles. The molecule has 82 valence electrons. The fourth-order valence-corrected chi connectivity index (χ4v) is 1.93. The number of benzene rings is 1. The minimum absolute atomic E-state index is 0.100. The molecule has 0 spiro atoms. The summed E-state index contributed by atoms with van der Waals surface area (Å²) in [7, 11) is 0. The lowest BCUT2D eigenvalue weighted by Gasteiger charge is -1.95. The molecule has 0 aliphatic rings. The van der Waals surface area contributed by atoms with Gasteiger partial charge in [-0.3, -0.25) is 14.9 Å². The van der Waals surface area contributed by atoms with Crippen LogP contribution in [0.3, 0.4) is 0 Å². The first-order valence-electron chi connectivity index (χ1n) is 4.25. The Balaban J connectivity index is 2.80. The van der Waals surface area contributed by atoms with Gasteiger partial charge in [0.15, 0.2) is 0 Å². The molecule has 1 aromatic carbocycles. The van der Waals surface area contributed by atoms with E-state index in [1.54, 1.807) is 6.07 Å². The molecule has 0 bridgehead atoms. The Bertz CT molecular complexity index is 605. The predicted molar refractivity (Wildman–Crippen MR) is 61.2 cm³/mol. The van der Waals surface area contributed by atoms with Crippen molar-refractivity contribution in [1.82, 2.24) is 4.98 Å². The second-order valence-corrected chi connectivity index (χ2v) is 4.11. The van der Waals surface area contributed by atoms with Gasteiger partial charge in [0.05, 0.1) is 4.92 Å². The molecule has 0 aliphatic heterocycles. The molecule has 0 fully saturated rings. The molecule has 2 rings (SSSR count). The average molecular weight is 284 g/mol. The number of non-ortho nitro benzene ring substituents is 1. The molecule has 0 radical (unpaired) electrons. The number of nitro groups is 1. The number of nitrogens with one attached hydrogen (secondary N) is 1. The van der Waals surface area contributed by atoms with Crippen molar-refractivity contribution in [2.24, 2.45) is 5.73 Å². The number of rotatable bonds is 2. The van der Waals surface area contributed by atoms with E-state index in [0.29, 0.717) is 15.4 Å². The van der Waals surface area contributed by atoms with Crippen molar-refractivity contribution in [1.29, 1.82) is 0 Å². The largest absolute Gasteiger partial charge is 0.364 e. The summed E-state index contributed by atoms with van der Waals surface area (Å²) in [5.74, 6) is -0.651. The zero-order valence-electron chi connectivity index (χ0n) is 7.86. The first-order chi connectivity index (χ1) is 7.49. The third kappa shape index (κ3) is 1.65. The van der Waals surface area contributed by atoms with Gasteiger partial charge < -0.3 is 10.7 Å². The predicted octanol–water partition coefficient (Wildman–Crippen LogP) is 1.94. The van der Waals surface area contributed by atoms with Gasteiger partial charge in [0.1, 0.15) is 11.2 Å². The van der Waals surface area contributed by atoms with Crippen LogP contribution in [0.2, 0.25) is 0 Å². The van der Waals surface area contributed by atoms with E-state index < -0.39 is 10.8 Å². The number of primary amides is 1. The highest BCUT2D eigenvalue weighted by Crippen LogP contribution is 2.29. The van der Waals surface area contributed by atoms with Crippen molar-refractivity contribution in [3.63, 3.8) is 0 Å². The standard InChI is InChI=1S/C9H6BrN3O3/c10-5-1-4-2-6(9(11)14)12-8(4)7(3-5)13(15)16/h1-3,12H,(H2,11,14). The molecule has 16 heavy (non-hydrogen) atoms. The molecule has 6 nitrogen and oxygen atoms in total. The van der Waals surface area contributed by atoms with Gasteiger partial charge in [-0.05, 0) is 12.1 Å². The van der Waals surface area contributed by atoms with Crippen LogP contribution in [-0.2, 0) is 0 Å². The number of nitrogens with zero attached hydrogens (tertiary/aromatic N) is 1. The molecule has 0 unspecified atom stereocenters. The van der Waals surface area contributed by atoms with Crippen molar-refractivity contribution in [3.8, 4) is 0 Å². The second kappa shape index (κ2) is 3.60. The summed E-state index contributed by atoms with van der Waals surface area (Å²) < 4.78 is 0.571. The maximum atomic E-state index is 10.9. The Morgan fingerprint density at radius 1 is 1.44 bits per heavy atom. The number of nitrogens with two attached hydrogens (primary N) is 1. The fourth-order valence-electron chi connectivity index (χ4n) is 1.47. The van der Waals surface area contributed by atoms with Gasteiger partial charge >= 0.3 is 0 Å². The number of nitro benzene ring substituents is 1. The first-order valence-corrected chi connectivity index (χ1v) is 5.05. The van der Waals surface area contributed by atoms with Crippen LogP contribution in [0, 0.1) is 10.1 Å². The number of carbonyl (C=O) groups excluding carboxylic acids is 1. The van der Waals surface area contributed by atoms with Crippen LogP contribution in [-0.4, -0.2) is 15.8 Å². The van der Waals surface area contributed by atoms with Crippen molar-refractivity contribution in [2.75, 3.05) is 0 Å². The Morgan fingerprint density at radius 2 is 2.12 bits per heavy atom. The molecular formula is C9H6BrN3O3. The summed E-state index contributed by atoms with van der Waals surface area (Å²) >= 11 is 3.16. The minimum Gasteiger partial charge on any atom is -0.364 e. The van der Waals surface area contributed by atoms with E-state index in [-0.39, 0.29) is 11.4 Å². The van der Waals surface area contributed by atoms with Crippen molar-refractivity contribution >= 4 is 38.4 Å². The number of aromatic amines is 1. The van der Waals surface area contributed by atoms with E-state index in [0.717, 1.165) is 0 Å². The van der Waals surface area contributed by atoms with E-state index >= 15 is 0 Å². The highest BCUT2D eigenvalue weighted by molar-refractivity contribution is 9.10. The van der Waals surface area contributed by atoms with Crippen LogP contribution >= 0.6 is 15.9 Å². The molecule has 0 saturated heterocycles. The highest BCUT2D eigenvalue weighted by Gasteiger charge is 2.17. The van der Waals surface area contributed by atoms with Crippen LogP contribution in [0.5, 0.6) is 0 Å². The number of fused-ring (bicyclic) bond motifs is 1. The van der Waals surface area contributed by atoms with Gasteiger partial charge in [-0.15, -0.1) is 0 Å². The number of halogens is 1. The Labute approximate surface area is 97.7 Å². The monoisotopic (exact) mass is 283 g/mol. The van der Waals surface area contributed by atoms with Crippen LogP contribution in [0.1, 0.15) is 10.5 Å². The van der Waals surface area contributed by atoms with E-state index in [4.69, 9.17) is 5.73 Å². The normalized spacial score (nSPS) is 10.6. The maximum absolute atomic E-state index is 10.9. The zero-order valence-corrected chi connectivity index (χ0v) is 9.45. The molecule has 0 atom stereocenters. The summed E-state index contributed by atoms with van der Waals surface area (Å²) in [5, 5.41) is 11.4. The molecule has 1 amide bonds. The summed E-state index contributed by atoms with van der Waals surface area (Å²) in [5.41, 5.74) is 5.43. The number of hydrogen-bond donors (Lipinski definition) is 2. The van der Waals surface area contributed by atoms with E-state index in [1.165, 1.54) is 12.1 Å². The van der Waals surface area contributed by atoms with Gasteiger partial charge in [-0.2, -0.15) is 0 Å². The summed E-state index contributed by atoms with van der Waals surface area (Å²) in [6.45, 7) is 0. The third-order valence-corrected chi connectivity index (χ3v) is 2.59. The minimum atomic E-state index is -0.651. The lowest BCUT2D eigenvalue weighted by Crippen LogP contribution is -2.10. The average Bonchev–Trinajstić information content (AvgIpc) is 2.59. The van der Waals surface area contributed by atoms with Gasteiger partial charge in [-0.25, -0.2) is 0 Å². The molecule has 3 N–H and O–H groups in total. The summed E-state index contributed by atoms with van der Waals surface area (Å²) in [6, 6.07) is 4.52. The second-order valence-electron chi connectivity index (χ2n) is 3.19. The summed E-state index contributed by atoms with van der Waals surface area (Å²) in [6.07, 6.45) is 0. The molecule has 2 aromatic rings. The van der Waals surface area contributed by atoms with Gasteiger partial charge in [0.2, 0.25) is 0 Å². The van der Waals surface area contributed by atoms with Crippen LogP contribution < -0.4 is 5.73 Å². The molecule has 1 heterocycles. The highest BCUT2D eigenvalue weighted by atomic mass is 79.9. The van der Waals surface area contributed by atoms with Crippen LogP contribution in [0.15, 0.2) is 22.7 Å². The van der Waals surface area contributed by atoms with E-state index in [1.807, 2.05) is 0 Å². The van der Waals surface area contributed by atoms with Crippen molar-refractivity contribution in [3.05, 3.63) is 38.5 Å². The Kier molecular flexibility index (Phi) is 2.39. The third-order valence-electron chi connectivity index (χ3n) is 2.13. The fraction of sp³-hybridized carbons (Fsp3) is 0. The zero-order chi connectivity index (χ0) is 11.9. The molecule has 0 saturated carbocycles. The van der Waals surface area contributed by atoms with E-state index in [2.05, 4.69) is 20.9 Å². The van der Waals surface area contributed by atoms with Gasteiger partial charge in [-0.1, -0.05) is 15.9 Å². The van der Waals surface area contributed by atoms with Crippen LogP contribution in [0.4, 0.5) is 5.69 Å². The lowest BCUT2D eigenvalue weighted by molar-refractivity contribution is -0.383. The Morgan fingerprint density at radius 3 is 2.69 bits per heavy atom. The quantitative estimate of drug-likeness (QED) is 0.650. The number of hydrogen-bond acceptors (Lipinski definition) is 3. The Hall–Kier alpha value is -1.89. The van der Waals surface area contributed by atoms with Gasteiger partial charge in [0.25, 0.3) is 11.6 Å². The number of carbonyl (C=O) groups is 1. The number of aromatic nitrogens is 1.